The van der Waals surface area contributed by atoms with Crippen molar-refractivity contribution in [3.63, 3.8) is 0 Å². The molecule has 1 aromatic rings. The number of esters is 1. The third-order valence-electron chi connectivity index (χ3n) is 1.51. The van der Waals surface area contributed by atoms with Gasteiger partial charge in [0.15, 0.2) is 0 Å². The summed E-state index contributed by atoms with van der Waals surface area (Å²) in [5.41, 5.74) is 1.32. The summed E-state index contributed by atoms with van der Waals surface area (Å²) in [6, 6.07) is 6.75. The zero-order valence-corrected chi connectivity index (χ0v) is 7.19. The molecule has 0 saturated heterocycles. The van der Waals surface area contributed by atoms with E-state index in [-0.39, 0.29) is 13.2 Å². The van der Waals surface area contributed by atoms with Crippen LogP contribution in [0.4, 0.5) is 0 Å². The standard InChI is InChI=1S/C10H11O3/c1-8-2-4-9(5-3-8)10(12)13-7-6-11/h2-5,11H,1,6-7H2. The topological polar surface area (TPSA) is 46.5 Å². The molecule has 0 aromatic heterocycles. The molecular formula is C10H11O3. The molecule has 0 heterocycles. The molecule has 0 aliphatic heterocycles. The largest absolute Gasteiger partial charge is 0.460 e. The molecule has 13 heavy (non-hydrogen) atoms. The summed E-state index contributed by atoms with van der Waals surface area (Å²) in [5.74, 6) is -0.422. The lowest BCUT2D eigenvalue weighted by atomic mass is 10.1. The Morgan fingerprint density at radius 2 is 2.00 bits per heavy atom. The Balaban J connectivity index is 2.61. The van der Waals surface area contributed by atoms with Gasteiger partial charge in [0.1, 0.15) is 6.61 Å². The lowest BCUT2D eigenvalue weighted by molar-refractivity contribution is 0.0434. The highest BCUT2D eigenvalue weighted by atomic mass is 16.5. The number of hydrogen-bond donors (Lipinski definition) is 1. The second-order valence-corrected chi connectivity index (χ2v) is 2.56. The summed E-state index contributed by atoms with van der Waals surface area (Å²) >= 11 is 0. The summed E-state index contributed by atoms with van der Waals surface area (Å²) < 4.78 is 4.71. The first kappa shape index (κ1) is 9.74. The molecule has 1 aromatic carbocycles. The average molecular weight is 179 g/mol. The third-order valence-corrected chi connectivity index (χ3v) is 1.51. The molecule has 0 unspecified atom stereocenters. The van der Waals surface area contributed by atoms with E-state index in [0.29, 0.717) is 5.56 Å². The third kappa shape index (κ3) is 2.87. The molecule has 0 saturated carbocycles. The maximum Gasteiger partial charge on any atom is 0.338 e. The number of ether oxygens (including phenoxy) is 1. The molecule has 0 atom stereocenters. The predicted molar refractivity (Wildman–Crippen MR) is 48.3 cm³/mol. The first-order valence-corrected chi connectivity index (χ1v) is 3.94. The summed E-state index contributed by atoms with van der Waals surface area (Å²) in [4.78, 5) is 11.2. The SMILES string of the molecule is [CH2]c1ccc(C(=O)OCCO)cc1. The fourth-order valence-corrected chi connectivity index (χ4v) is 0.863. The Morgan fingerprint density at radius 1 is 1.38 bits per heavy atom. The van der Waals surface area contributed by atoms with Gasteiger partial charge in [0.05, 0.1) is 12.2 Å². The van der Waals surface area contributed by atoms with Crippen LogP contribution in [0.1, 0.15) is 15.9 Å². The maximum atomic E-state index is 11.2. The van der Waals surface area contributed by atoms with E-state index in [9.17, 15) is 4.79 Å². The Labute approximate surface area is 77.0 Å². The fourth-order valence-electron chi connectivity index (χ4n) is 0.863. The Hall–Kier alpha value is -1.35. The van der Waals surface area contributed by atoms with Gasteiger partial charge in [0.2, 0.25) is 0 Å². The van der Waals surface area contributed by atoms with Gasteiger partial charge < -0.3 is 9.84 Å². The molecule has 0 bridgehead atoms. The van der Waals surface area contributed by atoms with Crippen LogP contribution in [-0.2, 0) is 4.74 Å². The summed E-state index contributed by atoms with van der Waals surface area (Å²) in [6.45, 7) is 3.57. The number of carbonyl (C=O) groups is 1. The summed E-state index contributed by atoms with van der Waals surface area (Å²) in [6.07, 6.45) is 0. The van der Waals surface area contributed by atoms with E-state index < -0.39 is 5.97 Å². The van der Waals surface area contributed by atoms with Gasteiger partial charge in [-0.1, -0.05) is 12.1 Å². The van der Waals surface area contributed by atoms with E-state index >= 15 is 0 Å². The van der Waals surface area contributed by atoms with Crippen molar-refractivity contribution in [1.29, 1.82) is 0 Å². The zero-order chi connectivity index (χ0) is 9.68. The molecule has 69 valence electrons. The Kier molecular flexibility index (Phi) is 3.46. The molecule has 3 heteroatoms. The van der Waals surface area contributed by atoms with Crippen molar-refractivity contribution in [3.05, 3.63) is 42.3 Å². The van der Waals surface area contributed by atoms with Gasteiger partial charge in [0, 0.05) is 0 Å². The van der Waals surface area contributed by atoms with Crippen molar-refractivity contribution in [1.82, 2.24) is 0 Å². The van der Waals surface area contributed by atoms with Crippen LogP contribution in [0.2, 0.25) is 0 Å². The molecule has 1 radical (unpaired) electrons. The maximum absolute atomic E-state index is 11.2. The van der Waals surface area contributed by atoms with Crippen LogP contribution < -0.4 is 0 Å². The van der Waals surface area contributed by atoms with Crippen molar-refractivity contribution in [2.24, 2.45) is 0 Å². The van der Waals surface area contributed by atoms with Gasteiger partial charge in [-0.2, -0.15) is 0 Å². The minimum atomic E-state index is -0.422. The van der Waals surface area contributed by atoms with Crippen molar-refractivity contribution < 1.29 is 14.6 Å². The van der Waals surface area contributed by atoms with E-state index in [2.05, 4.69) is 6.92 Å². The quantitative estimate of drug-likeness (QED) is 0.704. The van der Waals surface area contributed by atoms with Gasteiger partial charge in [-0.25, -0.2) is 4.79 Å². The van der Waals surface area contributed by atoms with Crippen LogP contribution in [0.25, 0.3) is 0 Å². The highest BCUT2D eigenvalue weighted by Gasteiger charge is 2.04. The summed E-state index contributed by atoms with van der Waals surface area (Å²) in [5, 5.41) is 8.42. The van der Waals surface area contributed by atoms with Gasteiger partial charge in [-0.05, 0) is 24.6 Å². The number of hydrogen-bond acceptors (Lipinski definition) is 3. The number of aliphatic hydroxyl groups excluding tert-OH is 1. The highest BCUT2D eigenvalue weighted by Crippen LogP contribution is 2.04. The first-order chi connectivity index (χ1) is 6.24. The molecule has 0 fully saturated rings. The Bertz CT molecular complexity index is 277. The molecule has 0 aliphatic rings. The number of carbonyl (C=O) groups excluding carboxylic acids is 1. The van der Waals surface area contributed by atoms with Crippen molar-refractivity contribution in [3.8, 4) is 0 Å². The highest BCUT2D eigenvalue weighted by molar-refractivity contribution is 5.89. The van der Waals surface area contributed by atoms with Gasteiger partial charge in [-0.15, -0.1) is 0 Å². The van der Waals surface area contributed by atoms with E-state index in [1.54, 1.807) is 24.3 Å². The average Bonchev–Trinajstić information content (AvgIpc) is 2.15. The minimum Gasteiger partial charge on any atom is -0.460 e. The van der Waals surface area contributed by atoms with Crippen LogP contribution in [0.15, 0.2) is 24.3 Å². The second kappa shape index (κ2) is 4.62. The van der Waals surface area contributed by atoms with Crippen LogP contribution in [0.5, 0.6) is 0 Å². The van der Waals surface area contributed by atoms with Crippen LogP contribution in [-0.4, -0.2) is 24.3 Å². The lowest BCUT2D eigenvalue weighted by Gasteiger charge is -2.02. The monoisotopic (exact) mass is 179 g/mol. The molecule has 0 amide bonds. The predicted octanol–water partition coefficient (Wildman–Crippen LogP) is 1.02. The number of aliphatic hydroxyl groups is 1. The molecule has 1 N–H and O–H groups in total. The molecular weight excluding hydrogens is 168 g/mol. The van der Waals surface area contributed by atoms with E-state index in [1.165, 1.54) is 0 Å². The Morgan fingerprint density at radius 3 is 2.54 bits per heavy atom. The fraction of sp³-hybridized carbons (Fsp3) is 0.200. The zero-order valence-electron chi connectivity index (χ0n) is 7.19. The lowest BCUT2D eigenvalue weighted by Crippen LogP contribution is -2.08. The first-order valence-electron chi connectivity index (χ1n) is 3.94. The van der Waals surface area contributed by atoms with E-state index in [4.69, 9.17) is 9.84 Å². The normalized spacial score (nSPS) is 9.69. The van der Waals surface area contributed by atoms with Crippen molar-refractivity contribution in [2.75, 3.05) is 13.2 Å². The van der Waals surface area contributed by atoms with Crippen LogP contribution >= 0.6 is 0 Å². The van der Waals surface area contributed by atoms with Crippen molar-refractivity contribution in [2.45, 2.75) is 0 Å². The number of rotatable bonds is 3. The molecule has 1 rings (SSSR count). The molecule has 3 nitrogen and oxygen atoms in total. The summed E-state index contributed by atoms with van der Waals surface area (Å²) in [7, 11) is 0. The van der Waals surface area contributed by atoms with Crippen molar-refractivity contribution >= 4 is 5.97 Å². The van der Waals surface area contributed by atoms with E-state index in [0.717, 1.165) is 5.56 Å². The molecule has 0 spiro atoms. The van der Waals surface area contributed by atoms with Gasteiger partial charge in [0.25, 0.3) is 0 Å². The van der Waals surface area contributed by atoms with Gasteiger partial charge >= 0.3 is 5.97 Å². The molecule has 0 aliphatic carbocycles. The van der Waals surface area contributed by atoms with Crippen LogP contribution in [0.3, 0.4) is 0 Å². The minimum absolute atomic E-state index is 0.0327. The van der Waals surface area contributed by atoms with Gasteiger partial charge in [-0.3, -0.25) is 0 Å². The second-order valence-electron chi connectivity index (χ2n) is 2.56. The van der Waals surface area contributed by atoms with E-state index in [1.807, 2.05) is 0 Å². The van der Waals surface area contributed by atoms with Crippen LogP contribution in [0, 0.1) is 6.92 Å². The smallest absolute Gasteiger partial charge is 0.338 e. The number of benzene rings is 1.